The summed E-state index contributed by atoms with van der Waals surface area (Å²) in [6.45, 7) is 0.530. The Morgan fingerprint density at radius 2 is 1.88 bits per heavy atom. The number of fused-ring (bicyclic) bond motifs is 1. The van der Waals surface area contributed by atoms with Crippen LogP contribution in [0.2, 0.25) is 0 Å². The summed E-state index contributed by atoms with van der Waals surface area (Å²) >= 11 is 0. The van der Waals surface area contributed by atoms with Crippen LogP contribution in [0.25, 0.3) is 0 Å². The Morgan fingerprint density at radius 3 is 2.56 bits per heavy atom. The van der Waals surface area contributed by atoms with Crippen molar-refractivity contribution in [3.63, 3.8) is 0 Å². The molecule has 0 aromatic heterocycles. The van der Waals surface area contributed by atoms with Crippen LogP contribution in [0.3, 0.4) is 0 Å². The molecule has 0 saturated carbocycles. The van der Waals surface area contributed by atoms with Crippen molar-refractivity contribution in [2.24, 2.45) is 0 Å². The van der Waals surface area contributed by atoms with E-state index in [1.807, 2.05) is 6.07 Å². The molecule has 1 aliphatic heterocycles. The second kappa shape index (κ2) is 6.81. The number of methoxy groups -OCH3 is 1. The Morgan fingerprint density at radius 1 is 1.16 bits per heavy atom. The smallest absolute Gasteiger partial charge is 0.411 e. The number of sulfonamides is 1. The molecule has 1 heterocycles. The van der Waals surface area contributed by atoms with Gasteiger partial charge in [-0.3, -0.25) is 5.32 Å². The number of carbonyl (C=O) groups excluding carboxylic acids is 1. The van der Waals surface area contributed by atoms with Gasteiger partial charge in [-0.1, -0.05) is 6.07 Å². The van der Waals surface area contributed by atoms with Crippen molar-refractivity contribution in [2.75, 3.05) is 19.0 Å². The highest BCUT2D eigenvalue weighted by Gasteiger charge is 2.28. The summed E-state index contributed by atoms with van der Waals surface area (Å²) in [7, 11) is -2.44. The van der Waals surface area contributed by atoms with E-state index in [-0.39, 0.29) is 11.4 Å². The van der Waals surface area contributed by atoms with E-state index in [9.17, 15) is 17.6 Å². The van der Waals surface area contributed by atoms with Gasteiger partial charge in [0.05, 0.1) is 12.0 Å². The molecule has 2 aromatic carbocycles. The van der Waals surface area contributed by atoms with Crippen molar-refractivity contribution in [3.05, 3.63) is 59.4 Å². The van der Waals surface area contributed by atoms with Crippen molar-refractivity contribution in [1.82, 2.24) is 4.31 Å². The van der Waals surface area contributed by atoms with Gasteiger partial charge in [0, 0.05) is 18.8 Å². The Labute approximate surface area is 145 Å². The number of nitrogens with one attached hydrogen (secondary N) is 1. The minimum absolute atomic E-state index is 0.0567. The molecule has 25 heavy (non-hydrogen) atoms. The number of ether oxygens (including phenoxy) is 1. The van der Waals surface area contributed by atoms with Gasteiger partial charge in [-0.2, -0.15) is 4.31 Å². The van der Waals surface area contributed by atoms with Crippen LogP contribution in [0, 0.1) is 5.82 Å². The minimum atomic E-state index is -3.71. The number of rotatable bonds is 3. The van der Waals surface area contributed by atoms with E-state index in [4.69, 9.17) is 0 Å². The SMILES string of the molecule is COC(=O)Nc1ccc2c(c1)CN(S(=O)(=O)c1ccc(F)cc1)CC2. The third-order valence-electron chi connectivity index (χ3n) is 4.07. The van der Waals surface area contributed by atoms with Gasteiger partial charge in [-0.25, -0.2) is 17.6 Å². The lowest BCUT2D eigenvalue weighted by atomic mass is 10.0. The first-order valence-electron chi connectivity index (χ1n) is 7.62. The molecule has 0 fully saturated rings. The molecule has 3 rings (SSSR count). The highest BCUT2D eigenvalue weighted by molar-refractivity contribution is 7.89. The summed E-state index contributed by atoms with van der Waals surface area (Å²) in [6.07, 6.45) is -0.0274. The molecule has 8 heteroatoms. The van der Waals surface area contributed by atoms with Crippen LogP contribution in [0.4, 0.5) is 14.9 Å². The fourth-order valence-corrected chi connectivity index (χ4v) is 4.16. The summed E-state index contributed by atoms with van der Waals surface area (Å²) in [6, 6.07) is 10.1. The van der Waals surface area contributed by atoms with E-state index in [0.717, 1.165) is 23.3 Å². The number of carbonyl (C=O) groups is 1. The number of halogens is 1. The Kier molecular flexibility index (Phi) is 4.73. The monoisotopic (exact) mass is 364 g/mol. The van der Waals surface area contributed by atoms with Crippen LogP contribution in [0.5, 0.6) is 0 Å². The van der Waals surface area contributed by atoms with Crippen molar-refractivity contribution < 1.29 is 22.3 Å². The van der Waals surface area contributed by atoms with Gasteiger partial charge in [0.2, 0.25) is 10.0 Å². The average Bonchev–Trinajstić information content (AvgIpc) is 2.61. The third kappa shape index (κ3) is 3.64. The van der Waals surface area contributed by atoms with E-state index >= 15 is 0 Å². The molecular formula is C17H17FN2O4S. The van der Waals surface area contributed by atoms with Crippen molar-refractivity contribution in [3.8, 4) is 0 Å². The zero-order valence-corrected chi connectivity index (χ0v) is 14.3. The average molecular weight is 364 g/mol. The van der Waals surface area contributed by atoms with Crippen molar-refractivity contribution >= 4 is 21.8 Å². The predicted molar refractivity (Wildman–Crippen MR) is 90.2 cm³/mol. The topological polar surface area (TPSA) is 75.7 Å². The van der Waals surface area contributed by atoms with Gasteiger partial charge in [0.1, 0.15) is 5.82 Å². The van der Waals surface area contributed by atoms with Crippen LogP contribution in [0.15, 0.2) is 47.4 Å². The van der Waals surface area contributed by atoms with Crippen LogP contribution >= 0.6 is 0 Å². The first-order chi connectivity index (χ1) is 11.9. The van der Waals surface area contributed by atoms with E-state index in [1.165, 1.54) is 23.5 Å². The minimum Gasteiger partial charge on any atom is -0.453 e. The lowest BCUT2D eigenvalue weighted by Crippen LogP contribution is -2.36. The summed E-state index contributed by atoms with van der Waals surface area (Å²) in [5, 5.41) is 2.56. The van der Waals surface area contributed by atoms with Crippen molar-refractivity contribution in [1.29, 1.82) is 0 Å². The molecule has 0 atom stereocenters. The van der Waals surface area contributed by atoms with Gasteiger partial charge >= 0.3 is 6.09 Å². The molecule has 0 bridgehead atoms. The predicted octanol–water partition coefficient (Wildman–Crippen LogP) is 2.75. The van der Waals surface area contributed by atoms with Gasteiger partial charge < -0.3 is 4.74 Å². The van der Waals surface area contributed by atoms with Crippen LogP contribution in [0.1, 0.15) is 11.1 Å². The summed E-state index contributed by atoms with van der Waals surface area (Å²) in [4.78, 5) is 11.4. The quantitative estimate of drug-likeness (QED) is 0.909. The number of hydrogen-bond donors (Lipinski definition) is 1. The zero-order valence-electron chi connectivity index (χ0n) is 13.5. The van der Waals surface area contributed by atoms with Crippen LogP contribution < -0.4 is 5.32 Å². The second-order valence-corrected chi connectivity index (χ2v) is 7.58. The highest BCUT2D eigenvalue weighted by atomic mass is 32.2. The molecule has 0 aliphatic carbocycles. The number of hydrogen-bond acceptors (Lipinski definition) is 4. The molecule has 1 amide bonds. The van der Waals surface area contributed by atoms with E-state index in [0.29, 0.717) is 18.7 Å². The maximum absolute atomic E-state index is 13.0. The normalized spacial score (nSPS) is 14.6. The largest absolute Gasteiger partial charge is 0.453 e. The molecule has 132 valence electrons. The van der Waals surface area contributed by atoms with Crippen LogP contribution in [-0.4, -0.2) is 32.5 Å². The summed E-state index contributed by atoms with van der Waals surface area (Å²) in [5.41, 5.74) is 2.37. The van der Waals surface area contributed by atoms with Crippen LogP contribution in [-0.2, 0) is 27.7 Å². The molecule has 1 N–H and O–H groups in total. The van der Waals surface area contributed by atoms with Gasteiger partial charge in [-0.05, 0) is 53.9 Å². The lowest BCUT2D eigenvalue weighted by molar-refractivity contribution is 0.187. The summed E-state index contributed by atoms with van der Waals surface area (Å²) in [5.74, 6) is -0.485. The Bertz CT molecular complexity index is 897. The molecule has 6 nitrogen and oxygen atoms in total. The zero-order chi connectivity index (χ0) is 18.0. The number of benzene rings is 2. The van der Waals surface area contributed by atoms with Gasteiger partial charge in [0.25, 0.3) is 0 Å². The Balaban J connectivity index is 1.85. The second-order valence-electron chi connectivity index (χ2n) is 5.64. The number of amides is 1. The molecule has 0 saturated heterocycles. The fraction of sp³-hybridized carbons (Fsp3) is 0.235. The lowest BCUT2D eigenvalue weighted by Gasteiger charge is -2.28. The van der Waals surface area contributed by atoms with E-state index in [2.05, 4.69) is 10.1 Å². The number of nitrogens with zero attached hydrogens (tertiary/aromatic N) is 1. The molecule has 0 unspecified atom stereocenters. The molecular weight excluding hydrogens is 347 g/mol. The first-order valence-corrected chi connectivity index (χ1v) is 9.06. The fourth-order valence-electron chi connectivity index (χ4n) is 2.74. The first kappa shape index (κ1) is 17.4. The Hall–Kier alpha value is -2.45. The number of anilines is 1. The third-order valence-corrected chi connectivity index (χ3v) is 5.93. The highest BCUT2D eigenvalue weighted by Crippen LogP contribution is 2.27. The molecule has 0 spiro atoms. The maximum atomic E-state index is 13.0. The molecule has 1 aliphatic rings. The van der Waals surface area contributed by atoms with Gasteiger partial charge in [0.15, 0.2) is 0 Å². The molecule has 0 radical (unpaired) electrons. The van der Waals surface area contributed by atoms with E-state index < -0.39 is 21.9 Å². The summed E-state index contributed by atoms with van der Waals surface area (Å²) < 4.78 is 44.4. The standard InChI is InChI=1S/C17H17FN2O4S/c1-24-17(21)19-15-5-2-12-8-9-20(11-13(12)10-15)25(22,23)16-6-3-14(18)4-7-16/h2-7,10H,8-9,11H2,1H3,(H,19,21). The maximum Gasteiger partial charge on any atom is 0.411 e. The van der Waals surface area contributed by atoms with E-state index in [1.54, 1.807) is 12.1 Å². The van der Waals surface area contributed by atoms with Crippen molar-refractivity contribution in [2.45, 2.75) is 17.9 Å². The molecule has 2 aromatic rings. The van der Waals surface area contributed by atoms with Gasteiger partial charge in [-0.15, -0.1) is 0 Å².